The van der Waals surface area contributed by atoms with E-state index >= 15 is 0 Å². The van der Waals surface area contributed by atoms with E-state index in [1.807, 2.05) is 0 Å². The number of hydroxylamine groups is 1. The van der Waals surface area contributed by atoms with E-state index in [0.29, 0.717) is 0 Å². The van der Waals surface area contributed by atoms with E-state index in [-0.39, 0.29) is 13.2 Å². The summed E-state index contributed by atoms with van der Waals surface area (Å²) in [6.45, 7) is -0.107. The standard InChI is InChI=1S/C3H8FNO/c1-6-5-3-2-4/h5H,2-3H2,1H3. The van der Waals surface area contributed by atoms with E-state index in [9.17, 15) is 4.39 Å². The normalized spacial score (nSPS) is 9.00. The molecular weight excluding hydrogens is 85.0 g/mol. The van der Waals surface area contributed by atoms with Gasteiger partial charge < -0.3 is 4.84 Å². The molecule has 0 saturated carbocycles. The van der Waals surface area contributed by atoms with Crippen molar-refractivity contribution in [1.82, 2.24) is 5.48 Å². The Kier molecular flexibility index (Phi) is 4.73. The Balaban J connectivity index is 2.34. The smallest absolute Gasteiger partial charge is 0.104 e. The van der Waals surface area contributed by atoms with Gasteiger partial charge in [-0.3, -0.25) is 0 Å². The third kappa shape index (κ3) is 3.85. The average molecular weight is 93.1 g/mol. The summed E-state index contributed by atoms with van der Waals surface area (Å²) in [5.41, 5.74) is 2.32. The van der Waals surface area contributed by atoms with E-state index in [1.54, 1.807) is 0 Å². The molecule has 1 N–H and O–H groups in total. The Hall–Kier alpha value is -0.150. The Morgan fingerprint density at radius 3 is 2.67 bits per heavy atom. The monoisotopic (exact) mass is 93.1 g/mol. The second kappa shape index (κ2) is 4.85. The highest BCUT2D eigenvalue weighted by atomic mass is 19.1. The van der Waals surface area contributed by atoms with Crippen LogP contribution < -0.4 is 5.48 Å². The van der Waals surface area contributed by atoms with Crippen LogP contribution in [0.4, 0.5) is 4.39 Å². The molecule has 6 heavy (non-hydrogen) atoms. The number of alkyl halides is 1. The van der Waals surface area contributed by atoms with Crippen LogP contribution in [-0.2, 0) is 4.84 Å². The third-order valence-corrected chi connectivity index (χ3v) is 0.341. The lowest BCUT2D eigenvalue weighted by atomic mass is 10.8. The molecule has 3 heteroatoms. The molecule has 0 radical (unpaired) electrons. The van der Waals surface area contributed by atoms with Crippen molar-refractivity contribution >= 4 is 0 Å². The van der Waals surface area contributed by atoms with Crippen LogP contribution in [0.15, 0.2) is 0 Å². The molecular formula is C3H8FNO. The molecule has 38 valence electrons. The molecule has 0 heterocycles. The van der Waals surface area contributed by atoms with Gasteiger partial charge in [0.25, 0.3) is 0 Å². The van der Waals surface area contributed by atoms with Gasteiger partial charge in [-0.05, 0) is 0 Å². The number of nitrogens with one attached hydrogen (secondary N) is 1. The fraction of sp³-hybridized carbons (Fsp3) is 1.00. The van der Waals surface area contributed by atoms with Crippen LogP contribution >= 0.6 is 0 Å². The first-order valence-electron chi connectivity index (χ1n) is 1.73. The zero-order valence-electron chi connectivity index (χ0n) is 3.70. The molecule has 0 aromatic rings. The van der Waals surface area contributed by atoms with Gasteiger partial charge in [0, 0.05) is 6.54 Å². The molecule has 0 aliphatic heterocycles. The van der Waals surface area contributed by atoms with E-state index in [4.69, 9.17) is 0 Å². The predicted octanol–water partition coefficient (Wildman–Crippen LogP) is 0.107. The minimum absolute atomic E-state index is 0.274. The van der Waals surface area contributed by atoms with Gasteiger partial charge >= 0.3 is 0 Å². The molecule has 0 aromatic heterocycles. The molecule has 0 bridgehead atoms. The Morgan fingerprint density at radius 1 is 1.83 bits per heavy atom. The Labute approximate surface area is 36.3 Å². The van der Waals surface area contributed by atoms with Crippen LogP contribution in [0.2, 0.25) is 0 Å². The van der Waals surface area contributed by atoms with Crippen molar-refractivity contribution in [2.45, 2.75) is 0 Å². The van der Waals surface area contributed by atoms with E-state index < -0.39 is 0 Å². The molecule has 0 atom stereocenters. The Morgan fingerprint density at radius 2 is 2.50 bits per heavy atom. The summed E-state index contributed by atoms with van der Waals surface area (Å²) in [4.78, 5) is 4.29. The molecule has 0 amide bonds. The van der Waals surface area contributed by atoms with Crippen LogP contribution in [-0.4, -0.2) is 20.3 Å². The van der Waals surface area contributed by atoms with Crippen molar-refractivity contribution in [3.8, 4) is 0 Å². The molecule has 0 aliphatic rings. The van der Waals surface area contributed by atoms with Crippen molar-refractivity contribution in [2.24, 2.45) is 0 Å². The first kappa shape index (κ1) is 5.85. The van der Waals surface area contributed by atoms with Gasteiger partial charge in [-0.25, -0.2) is 9.87 Å². The quantitative estimate of drug-likeness (QED) is 0.395. The highest BCUT2D eigenvalue weighted by molar-refractivity contribution is 4.23. The second-order valence-corrected chi connectivity index (χ2v) is 0.787. The van der Waals surface area contributed by atoms with Gasteiger partial charge in [0.2, 0.25) is 0 Å². The summed E-state index contributed by atoms with van der Waals surface area (Å²) in [7, 11) is 1.45. The maximum absolute atomic E-state index is 11.0. The maximum Gasteiger partial charge on any atom is 0.104 e. The number of halogens is 1. The van der Waals surface area contributed by atoms with Crippen LogP contribution in [0.25, 0.3) is 0 Å². The summed E-state index contributed by atoms with van der Waals surface area (Å²) in [6.07, 6.45) is 0. The SMILES string of the molecule is CONCCF. The van der Waals surface area contributed by atoms with Gasteiger partial charge in [-0.1, -0.05) is 0 Å². The zero-order chi connectivity index (χ0) is 4.83. The van der Waals surface area contributed by atoms with Crippen LogP contribution in [0.5, 0.6) is 0 Å². The second-order valence-electron chi connectivity index (χ2n) is 0.787. The third-order valence-electron chi connectivity index (χ3n) is 0.341. The summed E-state index contributed by atoms with van der Waals surface area (Å²) < 4.78 is 11.0. The molecule has 0 fully saturated rings. The molecule has 0 aliphatic carbocycles. The summed E-state index contributed by atoms with van der Waals surface area (Å²) in [6, 6.07) is 0. The lowest BCUT2D eigenvalue weighted by molar-refractivity contribution is 0.0872. The van der Waals surface area contributed by atoms with Crippen molar-refractivity contribution in [3.05, 3.63) is 0 Å². The van der Waals surface area contributed by atoms with E-state index in [0.717, 1.165) is 0 Å². The first-order valence-corrected chi connectivity index (χ1v) is 1.73. The minimum atomic E-state index is -0.381. The lowest BCUT2D eigenvalue weighted by Gasteiger charge is -1.91. The number of rotatable bonds is 3. The maximum atomic E-state index is 11.0. The molecule has 2 nitrogen and oxygen atoms in total. The molecule has 0 spiro atoms. The van der Waals surface area contributed by atoms with Gasteiger partial charge in [-0.2, -0.15) is 0 Å². The van der Waals surface area contributed by atoms with Crippen LogP contribution in [0.1, 0.15) is 0 Å². The minimum Gasteiger partial charge on any atom is -0.305 e. The van der Waals surface area contributed by atoms with Crippen LogP contribution in [0.3, 0.4) is 0 Å². The highest BCUT2D eigenvalue weighted by Gasteiger charge is 1.74. The van der Waals surface area contributed by atoms with E-state index in [1.165, 1.54) is 7.11 Å². The van der Waals surface area contributed by atoms with Crippen molar-refractivity contribution < 1.29 is 9.23 Å². The highest BCUT2D eigenvalue weighted by Crippen LogP contribution is 1.59. The topological polar surface area (TPSA) is 21.3 Å². The van der Waals surface area contributed by atoms with Gasteiger partial charge in [0.05, 0.1) is 7.11 Å². The number of hydrogen-bond donors (Lipinski definition) is 1. The van der Waals surface area contributed by atoms with Crippen molar-refractivity contribution in [1.29, 1.82) is 0 Å². The molecule has 0 rings (SSSR count). The molecule has 0 aromatic carbocycles. The molecule has 0 saturated heterocycles. The number of hydrogen-bond acceptors (Lipinski definition) is 2. The summed E-state index contributed by atoms with van der Waals surface area (Å²) in [5.74, 6) is 0. The largest absolute Gasteiger partial charge is 0.305 e. The zero-order valence-corrected chi connectivity index (χ0v) is 3.70. The Bertz CT molecular complexity index is 22.8. The average Bonchev–Trinajstić information content (AvgIpc) is 1.61. The fourth-order valence-electron chi connectivity index (χ4n) is 0.141. The summed E-state index contributed by atoms with van der Waals surface area (Å²) >= 11 is 0. The lowest BCUT2D eigenvalue weighted by Crippen LogP contribution is -2.13. The molecule has 0 unspecified atom stereocenters. The van der Waals surface area contributed by atoms with E-state index in [2.05, 4.69) is 10.3 Å². The van der Waals surface area contributed by atoms with Crippen molar-refractivity contribution in [2.75, 3.05) is 20.3 Å². The summed E-state index contributed by atoms with van der Waals surface area (Å²) in [5, 5.41) is 0. The van der Waals surface area contributed by atoms with Gasteiger partial charge in [0.1, 0.15) is 6.67 Å². The van der Waals surface area contributed by atoms with Gasteiger partial charge in [0.15, 0.2) is 0 Å². The first-order chi connectivity index (χ1) is 2.91. The van der Waals surface area contributed by atoms with Crippen molar-refractivity contribution in [3.63, 3.8) is 0 Å². The van der Waals surface area contributed by atoms with Crippen LogP contribution in [0, 0.1) is 0 Å². The predicted molar refractivity (Wildman–Crippen MR) is 21.0 cm³/mol. The fourth-order valence-corrected chi connectivity index (χ4v) is 0.141. The van der Waals surface area contributed by atoms with Gasteiger partial charge in [-0.15, -0.1) is 0 Å².